The first-order valence-corrected chi connectivity index (χ1v) is 32.5. The molecule has 4 aliphatic rings. The maximum absolute atomic E-state index is 2.84. The van der Waals surface area contributed by atoms with Crippen molar-refractivity contribution in [2.75, 3.05) is 0 Å². The molecule has 13 aromatic rings. The Balaban J connectivity index is 1.14. The fourth-order valence-corrected chi connectivity index (χ4v) is 17.3. The van der Waals surface area contributed by atoms with Gasteiger partial charge in [-0.1, -0.05) is 230 Å². The third-order valence-corrected chi connectivity index (χ3v) is 21.9. The van der Waals surface area contributed by atoms with Gasteiger partial charge in [-0.3, -0.25) is 0 Å². The number of rotatable bonds is 0. The summed E-state index contributed by atoms with van der Waals surface area (Å²) in [6.45, 7) is 50.4. The SMILES string of the molecule is CC(C)(C)c1ccc2c(c1)C1(c3cc(C(C)(C)C)ccc3-2)c2ccc3c4c2-n2c5c(cc(C(C)(C)C)cc5c5cc(C(C)(C)C)cc1c52)B4c1cc2c(c4cccc5c6c(C(C)(C)C)cc(C(C)(C)C)cc6n2c54)c2c4cc(C(C)(C)C)ccc4n-3c12. The lowest BCUT2D eigenvalue weighted by Gasteiger charge is -2.45. The van der Waals surface area contributed by atoms with Gasteiger partial charge < -0.3 is 13.5 Å². The van der Waals surface area contributed by atoms with Crippen molar-refractivity contribution >= 4 is 105 Å². The molecule has 0 bridgehead atoms. The number of hydrogen-bond donors (Lipinski definition) is 0. The molecule has 434 valence electrons. The van der Waals surface area contributed by atoms with Gasteiger partial charge in [0, 0.05) is 60.0 Å². The molecule has 0 unspecified atom stereocenters. The van der Waals surface area contributed by atoms with Gasteiger partial charge in [0.15, 0.2) is 0 Å². The van der Waals surface area contributed by atoms with Crippen LogP contribution in [0.15, 0.2) is 127 Å². The fraction of sp³-hybridized carbons (Fsp3) is 0.349. The zero-order valence-corrected chi connectivity index (χ0v) is 55.5. The van der Waals surface area contributed by atoms with Gasteiger partial charge in [0.2, 0.25) is 0 Å². The minimum atomic E-state index is -0.642. The molecule has 9 aromatic carbocycles. The van der Waals surface area contributed by atoms with Crippen LogP contribution in [0.2, 0.25) is 0 Å². The van der Waals surface area contributed by atoms with Crippen LogP contribution >= 0.6 is 0 Å². The second kappa shape index (κ2) is 15.8. The van der Waals surface area contributed by atoms with Crippen molar-refractivity contribution in [3.8, 4) is 22.5 Å². The number of aromatic nitrogens is 3. The smallest absolute Gasteiger partial charge is 0.252 e. The van der Waals surface area contributed by atoms with E-state index < -0.39 is 5.41 Å². The summed E-state index contributed by atoms with van der Waals surface area (Å²) in [5, 5.41) is 10.9. The number of nitrogens with zero attached hydrogens (tertiary/aromatic N) is 3. The highest BCUT2D eigenvalue weighted by molar-refractivity contribution is 7.00. The summed E-state index contributed by atoms with van der Waals surface area (Å²) in [6.07, 6.45) is 0. The van der Waals surface area contributed by atoms with E-state index in [0.29, 0.717) is 0 Å². The van der Waals surface area contributed by atoms with Crippen molar-refractivity contribution in [2.24, 2.45) is 0 Å². The predicted octanol–water partition coefficient (Wildman–Crippen LogP) is 19.9. The summed E-state index contributed by atoms with van der Waals surface area (Å²) in [7, 11) is 0. The molecule has 3 aliphatic heterocycles. The van der Waals surface area contributed by atoms with Gasteiger partial charge in [-0.25, -0.2) is 0 Å². The van der Waals surface area contributed by atoms with Gasteiger partial charge in [-0.2, -0.15) is 0 Å². The maximum atomic E-state index is 2.84. The van der Waals surface area contributed by atoms with Gasteiger partial charge in [-0.05, 0) is 169 Å². The van der Waals surface area contributed by atoms with E-state index in [1.54, 1.807) is 0 Å². The molecule has 0 N–H and O–H groups in total. The normalized spacial score (nSPS) is 15.5. The molecule has 0 amide bonds. The van der Waals surface area contributed by atoms with E-state index in [1.807, 2.05) is 0 Å². The van der Waals surface area contributed by atoms with Crippen LogP contribution in [0, 0.1) is 0 Å². The predicted molar refractivity (Wildman–Crippen MR) is 376 cm³/mol. The molecule has 4 heteroatoms. The van der Waals surface area contributed by atoms with Crippen LogP contribution in [-0.4, -0.2) is 20.2 Å². The molecule has 0 fully saturated rings. The second-order valence-electron chi connectivity index (χ2n) is 34.7. The molecule has 0 saturated carbocycles. The first-order valence-electron chi connectivity index (χ1n) is 32.5. The van der Waals surface area contributed by atoms with Crippen LogP contribution in [0.25, 0.3) is 104 Å². The minimum absolute atomic E-state index is 0.0530. The zero-order chi connectivity index (χ0) is 61.2. The molecule has 0 atom stereocenters. The van der Waals surface area contributed by atoms with Crippen molar-refractivity contribution in [1.82, 2.24) is 13.5 Å². The Hall–Kier alpha value is -7.56. The Labute approximate surface area is 515 Å². The highest BCUT2D eigenvalue weighted by Crippen LogP contribution is 2.63. The summed E-state index contributed by atoms with van der Waals surface area (Å²) in [5.74, 6) is 0. The highest BCUT2D eigenvalue weighted by atomic mass is 15.1. The van der Waals surface area contributed by atoms with Crippen molar-refractivity contribution < 1.29 is 0 Å². The van der Waals surface area contributed by atoms with Crippen LogP contribution in [0.3, 0.4) is 0 Å². The molecule has 87 heavy (non-hydrogen) atoms. The van der Waals surface area contributed by atoms with Crippen molar-refractivity contribution in [1.29, 1.82) is 0 Å². The molecule has 4 aromatic heterocycles. The fourth-order valence-electron chi connectivity index (χ4n) is 17.3. The van der Waals surface area contributed by atoms with Gasteiger partial charge in [-0.15, -0.1) is 0 Å². The maximum Gasteiger partial charge on any atom is 0.252 e. The van der Waals surface area contributed by atoms with Crippen LogP contribution in [0.5, 0.6) is 0 Å². The average molecular weight is 1130 g/mol. The summed E-state index contributed by atoms with van der Waals surface area (Å²) in [4.78, 5) is 0. The largest absolute Gasteiger partial charge is 0.310 e. The van der Waals surface area contributed by atoms with Crippen LogP contribution in [0.1, 0.15) is 207 Å². The number of benzene rings is 9. The van der Waals surface area contributed by atoms with E-state index in [4.69, 9.17) is 0 Å². The quantitative estimate of drug-likeness (QED) is 0.134. The van der Waals surface area contributed by atoms with Crippen molar-refractivity contribution in [3.05, 3.63) is 189 Å². The van der Waals surface area contributed by atoms with Crippen LogP contribution < -0.4 is 16.4 Å². The van der Waals surface area contributed by atoms with E-state index in [-0.39, 0.29) is 44.6 Å². The van der Waals surface area contributed by atoms with Crippen LogP contribution in [-0.2, 0) is 43.3 Å². The van der Waals surface area contributed by atoms with E-state index in [1.165, 1.54) is 182 Å². The van der Waals surface area contributed by atoms with Gasteiger partial charge in [0.05, 0.1) is 38.5 Å². The minimum Gasteiger partial charge on any atom is -0.310 e. The highest BCUT2D eigenvalue weighted by Gasteiger charge is 2.55. The van der Waals surface area contributed by atoms with E-state index in [2.05, 4.69) is 286 Å². The molecule has 1 aliphatic carbocycles. The molecule has 1 spiro atoms. The second-order valence-corrected chi connectivity index (χ2v) is 34.7. The number of para-hydroxylation sites is 1. The first-order chi connectivity index (χ1) is 40.6. The molecule has 0 radical (unpaired) electrons. The Morgan fingerprint density at radius 1 is 0.322 bits per heavy atom. The van der Waals surface area contributed by atoms with E-state index in [0.717, 1.165) is 0 Å². The topological polar surface area (TPSA) is 14.3 Å². The molecule has 17 rings (SSSR count). The average Bonchev–Trinajstić information content (AvgIpc) is 1.53. The zero-order valence-electron chi connectivity index (χ0n) is 55.5. The Morgan fingerprint density at radius 2 is 0.816 bits per heavy atom. The molecule has 0 saturated heterocycles. The Kier molecular flexibility index (Phi) is 9.76. The number of fused-ring (bicyclic) bond motifs is 21. The first kappa shape index (κ1) is 53.7. The van der Waals surface area contributed by atoms with Crippen molar-refractivity contribution in [3.63, 3.8) is 0 Å². The summed E-state index contributed by atoms with van der Waals surface area (Å²) in [5.41, 5.74) is 33.1. The lowest BCUT2D eigenvalue weighted by atomic mass is 9.33. The summed E-state index contributed by atoms with van der Waals surface area (Å²) in [6, 6.07) is 53.6. The monoisotopic (exact) mass is 1130 g/mol. The molecule has 3 nitrogen and oxygen atoms in total. The summed E-state index contributed by atoms with van der Waals surface area (Å²) >= 11 is 0. The molecule has 7 heterocycles. The van der Waals surface area contributed by atoms with Crippen molar-refractivity contribution in [2.45, 2.75) is 189 Å². The summed E-state index contributed by atoms with van der Waals surface area (Å²) < 4.78 is 8.33. The van der Waals surface area contributed by atoms with Gasteiger partial charge in [0.1, 0.15) is 0 Å². The molecular formula is C83H84BN3. The van der Waals surface area contributed by atoms with E-state index in [9.17, 15) is 0 Å². The Morgan fingerprint density at radius 3 is 1.40 bits per heavy atom. The standard InChI is InChI=1S/C83H84BN3/c1-76(2,3)43-27-31-63-55(33-43)69-68-52-24-22-23-51-67-59(82(19,20)21)38-48(81(16,17)18)41-65(67)86(71(51)52)66(68)42-62-75(69)85(63)64-32-30-56-74-70(64)84(62)61-40-47(80(13,14)15)35-54-53-34-46(79(10,11)12)39-60(72(53)87(74)73(54)61)83(56)57-36-44(77(4,5)6)25-28-49(57)50-29-26-45(37-58(50)83)78(7,8)9/h22-42H,1-21H3. The van der Waals surface area contributed by atoms with Gasteiger partial charge in [0.25, 0.3) is 6.71 Å². The van der Waals surface area contributed by atoms with E-state index >= 15 is 0 Å². The third-order valence-electron chi connectivity index (χ3n) is 21.9. The third kappa shape index (κ3) is 6.56. The lowest BCUT2D eigenvalue weighted by molar-refractivity contribution is 0.573. The van der Waals surface area contributed by atoms with Gasteiger partial charge >= 0.3 is 0 Å². The lowest BCUT2D eigenvalue weighted by Crippen LogP contribution is -2.60. The number of hydrogen-bond acceptors (Lipinski definition) is 0. The molecular weight excluding hydrogens is 1050 g/mol. The Bertz CT molecular complexity index is 5290. The van der Waals surface area contributed by atoms with Crippen LogP contribution in [0.4, 0.5) is 0 Å².